The Morgan fingerprint density at radius 2 is 1.96 bits per heavy atom. The summed E-state index contributed by atoms with van der Waals surface area (Å²) in [5, 5.41) is 11.6. The first-order chi connectivity index (χ1) is 12.8. The van der Waals surface area contributed by atoms with E-state index in [1.165, 1.54) is 18.2 Å². The maximum absolute atomic E-state index is 12.8. The predicted molar refractivity (Wildman–Crippen MR) is 95.8 cm³/mol. The van der Waals surface area contributed by atoms with E-state index < -0.39 is 17.6 Å². The summed E-state index contributed by atoms with van der Waals surface area (Å²) in [6.45, 7) is 3.78. The molecule has 7 heteroatoms. The molecule has 0 bridgehead atoms. The smallest absolute Gasteiger partial charge is 0.416 e. The first-order valence-electron chi connectivity index (χ1n) is 7.78. The third-order valence-electron chi connectivity index (χ3n) is 3.39. The second-order valence-corrected chi connectivity index (χ2v) is 5.34. The minimum absolute atomic E-state index is 0.0628. The molecule has 0 radical (unpaired) electrons. The summed E-state index contributed by atoms with van der Waals surface area (Å²) in [4.78, 5) is 12.3. The van der Waals surface area contributed by atoms with Crippen molar-refractivity contribution in [2.75, 3.05) is 11.9 Å². The van der Waals surface area contributed by atoms with Crippen LogP contribution in [0.5, 0.6) is 5.75 Å². The SMILES string of the molecule is C=CCOc1ccccc1/C=C(\C#N)C(=O)Nc1cccc(C(F)(F)F)c1. The van der Waals surface area contributed by atoms with Crippen molar-refractivity contribution >= 4 is 17.7 Å². The van der Waals surface area contributed by atoms with Gasteiger partial charge in [-0.15, -0.1) is 0 Å². The van der Waals surface area contributed by atoms with Crippen molar-refractivity contribution in [1.82, 2.24) is 0 Å². The molecule has 0 aromatic heterocycles. The molecule has 0 fully saturated rings. The van der Waals surface area contributed by atoms with Crippen LogP contribution in [0, 0.1) is 11.3 Å². The lowest BCUT2D eigenvalue weighted by Crippen LogP contribution is -2.14. The average molecular weight is 372 g/mol. The first kappa shape index (κ1) is 19.8. The van der Waals surface area contributed by atoms with E-state index in [-0.39, 0.29) is 17.9 Å². The number of ether oxygens (including phenoxy) is 1. The monoisotopic (exact) mass is 372 g/mol. The van der Waals surface area contributed by atoms with Crippen LogP contribution in [0.15, 0.2) is 66.8 Å². The number of hydrogen-bond acceptors (Lipinski definition) is 3. The van der Waals surface area contributed by atoms with Gasteiger partial charge in [-0.3, -0.25) is 4.79 Å². The standard InChI is InChI=1S/C20H15F3N2O2/c1-2-10-27-18-9-4-3-6-14(18)11-15(13-24)19(26)25-17-8-5-7-16(12-17)20(21,22)23/h2-9,11-12H,1,10H2,(H,25,26)/b15-11+. The third kappa shape index (κ3) is 5.47. The number of anilines is 1. The summed E-state index contributed by atoms with van der Waals surface area (Å²) in [6.07, 6.45) is -1.68. The van der Waals surface area contributed by atoms with E-state index in [4.69, 9.17) is 4.74 Å². The molecule has 0 aliphatic heterocycles. The van der Waals surface area contributed by atoms with Crippen molar-refractivity contribution in [2.24, 2.45) is 0 Å². The van der Waals surface area contributed by atoms with Crippen LogP contribution in [0.1, 0.15) is 11.1 Å². The molecule has 138 valence electrons. The molecular formula is C20H15F3N2O2. The number of carbonyl (C=O) groups excluding carboxylic acids is 1. The number of nitriles is 1. The zero-order valence-corrected chi connectivity index (χ0v) is 14.1. The highest BCUT2D eigenvalue weighted by Crippen LogP contribution is 2.30. The Labute approximate surface area is 154 Å². The lowest BCUT2D eigenvalue weighted by molar-refractivity contribution is -0.137. The van der Waals surface area contributed by atoms with Gasteiger partial charge in [0.05, 0.1) is 5.56 Å². The number of hydrogen-bond donors (Lipinski definition) is 1. The van der Waals surface area contributed by atoms with E-state index in [0.29, 0.717) is 11.3 Å². The van der Waals surface area contributed by atoms with E-state index in [2.05, 4.69) is 11.9 Å². The molecule has 0 spiro atoms. The number of halogens is 3. The molecule has 0 unspecified atom stereocenters. The second kappa shape index (κ2) is 8.72. The number of amides is 1. The fourth-order valence-electron chi connectivity index (χ4n) is 2.16. The van der Waals surface area contributed by atoms with Crippen molar-refractivity contribution in [2.45, 2.75) is 6.18 Å². The molecule has 0 aliphatic rings. The number of nitrogens with zero attached hydrogens (tertiary/aromatic N) is 1. The Balaban J connectivity index is 2.26. The number of para-hydroxylation sites is 1. The zero-order valence-electron chi connectivity index (χ0n) is 14.1. The quantitative estimate of drug-likeness (QED) is 0.449. The van der Waals surface area contributed by atoms with Gasteiger partial charge in [-0.1, -0.05) is 36.9 Å². The summed E-state index contributed by atoms with van der Waals surface area (Å²) in [5.41, 5.74) is -0.754. The number of benzene rings is 2. The topological polar surface area (TPSA) is 62.1 Å². The van der Waals surface area contributed by atoms with E-state index in [0.717, 1.165) is 12.1 Å². The Bertz CT molecular complexity index is 912. The van der Waals surface area contributed by atoms with Gasteiger partial charge in [-0.25, -0.2) is 0 Å². The van der Waals surface area contributed by atoms with Crippen molar-refractivity contribution in [3.05, 3.63) is 77.9 Å². The number of carbonyl (C=O) groups is 1. The Morgan fingerprint density at radius 3 is 2.63 bits per heavy atom. The third-order valence-corrected chi connectivity index (χ3v) is 3.39. The molecule has 2 aromatic carbocycles. The van der Waals surface area contributed by atoms with Crippen LogP contribution in [-0.2, 0) is 11.0 Å². The summed E-state index contributed by atoms with van der Waals surface area (Å²) in [5.74, 6) is -0.382. The Morgan fingerprint density at radius 1 is 1.22 bits per heavy atom. The van der Waals surface area contributed by atoms with E-state index in [1.807, 2.05) is 0 Å². The molecule has 0 saturated heterocycles. The highest BCUT2D eigenvalue weighted by atomic mass is 19.4. The maximum atomic E-state index is 12.8. The van der Waals surface area contributed by atoms with Gasteiger partial charge in [-0.05, 0) is 30.3 Å². The molecule has 0 atom stereocenters. The summed E-state index contributed by atoms with van der Waals surface area (Å²) < 4.78 is 43.8. The van der Waals surface area contributed by atoms with Gasteiger partial charge in [0, 0.05) is 11.3 Å². The van der Waals surface area contributed by atoms with Gasteiger partial charge in [0.2, 0.25) is 0 Å². The molecular weight excluding hydrogens is 357 g/mol. The van der Waals surface area contributed by atoms with Gasteiger partial charge >= 0.3 is 6.18 Å². The fraction of sp³-hybridized carbons (Fsp3) is 0.100. The van der Waals surface area contributed by atoms with Crippen LogP contribution in [0.3, 0.4) is 0 Å². The Hall–Kier alpha value is -3.53. The molecule has 1 amide bonds. The molecule has 27 heavy (non-hydrogen) atoms. The zero-order chi connectivity index (χ0) is 19.9. The maximum Gasteiger partial charge on any atom is 0.416 e. The first-order valence-corrected chi connectivity index (χ1v) is 7.78. The highest BCUT2D eigenvalue weighted by molar-refractivity contribution is 6.09. The van der Waals surface area contributed by atoms with Crippen LogP contribution >= 0.6 is 0 Å². The van der Waals surface area contributed by atoms with Gasteiger partial charge in [-0.2, -0.15) is 18.4 Å². The molecule has 0 aliphatic carbocycles. The molecule has 4 nitrogen and oxygen atoms in total. The molecule has 2 rings (SSSR count). The summed E-state index contributed by atoms with van der Waals surface area (Å²) >= 11 is 0. The minimum atomic E-state index is -4.53. The predicted octanol–water partition coefficient (Wildman–Crippen LogP) is 4.82. The van der Waals surface area contributed by atoms with Gasteiger partial charge in [0.15, 0.2) is 0 Å². The van der Waals surface area contributed by atoms with E-state index >= 15 is 0 Å². The van der Waals surface area contributed by atoms with Gasteiger partial charge in [0.25, 0.3) is 5.91 Å². The summed E-state index contributed by atoms with van der Waals surface area (Å²) in [7, 11) is 0. The van der Waals surface area contributed by atoms with Crippen molar-refractivity contribution in [3.63, 3.8) is 0 Å². The lowest BCUT2D eigenvalue weighted by atomic mass is 10.1. The number of alkyl halides is 3. The highest BCUT2D eigenvalue weighted by Gasteiger charge is 2.30. The molecule has 0 heterocycles. The minimum Gasteiger partial charge on any atom is -0.489 e. The van der Waals surface area contributed by atoms with Gasteiger partial charge < -0.3 is 10.1 Å². The number of rotatable bonds is 6. The molecule has 1 N–H and O–H groups in total. The van der Waals surface area contributed by atoms with Crippen LogP contribution in [0.25, 0.3) is 6.08 Å². The van der Waals surface area contributed by atoms with Crippen molar-refractivity contribution in [3.8, 4) is 11.8 Å². The fourth-order valence-corrected chi connectivity index (χ4v) is 2.16. The van der Waals surface area contributed by atoms with Crippen LogP contribution < -0.4 is 10.1 Å². The molecule has 2 aromatic rings. The Kier molecular flexibility index (Phi) is 6.39. The van der Waals surface area contributed by atoms with E-state index in [9.17, 15) is 23.2 Å². The van der Waals surface area contributed by atoms with Crippen LogP contribution in [0.4, 0.5) is 18.9 Å². The normalized spacial score (nSPS) is 11.4. The average Bonchev–Trinajstić information content (AvgIpc) is 2.64. The number of nitrogens with one attached hydrogen (secondary N) is 1. The molecule has 0 saturated carbocycles. The van der Waals surface area contributed by atoms with Crippen molar-refractivity contribution < 1.29 is 22.7 Å². The van der Waals surface area contributed by atoms with Crippen molar-refractivity contribution in [1.29, 1.82) is 5.26 Å². The summed E-state index contributed by atoms with van der Waals surface area (Å²) in [6, 6.07) is 12.7. The van der Waals surface area contributed by atoms with Crippen LogP contribution in [-0.4, -0.2) is 12.5 Å². The van der Waals surface area contributed by atoms with Gasteiger partial charge in [0.1, 0.15) is 24.0 Å². The lowest BCUT2D eigenvalue weighted by Gasteiger charge is -2.10. The second-order valence-electron chi connectivity index (χ2n) is 5.34. The largest absolute Gasteiger partial charge is 0.489 e. The van der Waals surface area contributed by atoms with E-state index in [1.54, 1.807) is 36.4 Å². The van der Waals surface area contributed by atoms with Crippen LogP contribution in [0.2, 0.25) is 0 Å².